The smallest absolute Gasteiger partial charge is 0.266 e. The molecule has 0 spiro atoms. The van der Waals surface area contributed by atoms with E-state index in [9.17, 15) is 10.1 Å². The summed E-state index contributed by atoms with van der Waals surface area (Å²) in [6.07, 6.45) is 2.78. The zero-order chi connectivity index (χ0) is 23.8. The number of carbonyl (C=O) groups excluding carboxylic acids is 1. The molecule has 0 saturated carbocycles. The minimum Gasteiger partial charge on any atom is -0.364 e. The third-order valence-electron chi connectivity index (χ3n) is 6.32. The normalized spacial score (nSPS) is 17.7. The number of hydrogen-bond acceptors (Lipinski definition) is 3. The molecule has 0 unspecified atom stereocenters. The first kappa shape index (κ1) is 23.6. The van der Waals surface area contributed by atoms with Crippen LogP contribution in [0.3, 0.4) is 0 Å². The van der Waals surface area contributed by atoms with Gasteiger partial charge in [0.25, 0.3) is 5.91 Å². The highest BCUT2D eigenvalue weighted by Crippen LogP contribution is 2.45. The average molecular weight is 430 g/mol. The lowest BCUT2D eigenvalue weighted by molar-refractivity contribution is -0.112. The van der Waals surface area contributed by atoms with Crippen molar-refractivity contribution in [1.29, 1.82) is 5.26 Å². The Balaban J connectivity index is 1.99. The lowest BCUT2D eigenvalue weighted by atomic mass is 9.78. The molecule has 0 bridgehead atoms. The molecule has 1 amide bonds. The van der Waals surface area contributed by atoms with Crippen LogP contribution in [0.5, 0.6) is 0 Å². The molecule has 4 nitrogen and oxygen atoms in total. The molecule has 3 rings (SSSR count). The fraction of sp³-hybridized carbons (Fsp3) is 0.429. The number of benzene rings is 2. The molecule has 1 aliphatic rings. The number of nitrogens with zero attached hydrogens (tertiary/aromatic N) is 2. The van der Waals surface area contributed by atoms with Crippen molar-refractivity contribution in [3.63, 3.8) is 0 Å². The summed E-state index contributed by atoms with van der Waals surface area (Å²) in [5, 5.41) is 12.6. The zero-order valence-corrected chi connectivity index (χ0v) is 20.6. The predicted octanol–water partition coefficient (Wildman–Crippen LogP) is 6.66. The molecule has 0 fully saturated rings. The van der Waals surface area contributed by atoms with Gasteiger partial charge in [-0.1, -0.05) is 13.0 Å². The molecule has 168 valence electrons. The van der Waals surface area contributed by atoms with E-state index < -0.39 is 0 Å². The number of anilines is 2. The maximum atomic E-state index is 12.9. The summed E-state index contributed by atoms with van der Waals surface area (Å²) in [6.45, 7) is 17.4. The first-order valence-corrected chi connectivity index (χ1v) is 11.4. The van der Waals surface area contributed by atoms with Crippen molar-refractivity contribution in [3.8, 4) is 6.07 Å². The molecule has 1 aliphatic heterocycles. The molecule has 4 heteroatoms. The van der Waals surface area contributed by atoms with Crippen molar-refractivity contribution in [2.45, 2.75) is 79.3 Å². The number of carbonyl (C=O) groups is 1. The number of rotatable bonds is 4. The summed E-state index contributed by atoms with van der Waals surface area (Å²) in [6, 6.07) is 12.7. The highest BCUT2D eigenvalue weighted by Gasteiger charge is 2.37. The molecule has 0 aromatic heterocycles. The summed E-state index contributed by atoms with van der Waals surface area (Å²) in [5.41, 5.74) is 7.56. The molecule has 32 heavy (non-hydrogen) atoms. The topological polar surface area (TPSA) is 56.1 Å². The number of fused-ring (bicyclic) bond motifs is 1. The van der Waals surface area contributed by atoms with E-state index in [-0.39, 0.29) is 17.0 Å². The number of nitrogens with one attached hydrogen (secondary N) is 1. The van der Waals surface area contributed by atoms with Crippen molar-refractivity contribution in [1.82, 2.24) is 0 Å². The second-order valence-corrected chi connectivity index (χ2v) is 10.1. The van der Waals surface area contributed by atoms with Gasteiger partial charge in [0, 0.05) is 23.0 Å². The van der Waals surface area contributed by atoms with E-state index in [1.807, 2.05) is 32.9 Å². The lowest BCUT2D eigenvalue weighted by Gasteiger charge is -2.50. The van der Waals surface area contributed by atoms with Gasteiger partial charge in [0.15, 0.2) is 0 Å². The maximum absolute atomic E-state index is 12.9. The number of hydrogen-bond donors (Lipinski definition) is 1. The molecule has 2 aromatic rings. The van der Waals surface area contributed by atoms with E-state index >= 15 is 0 Å². The van der Waals surface area contributed by atoms with E-state index in [1.54, 1.807) is 6.08 Å². The average Bonchev–Trinajstić information content (AvgIpc) is 2.64. The summed E-state index contributed by atoms with van der Waals surface area (Å²) < 4.78 is 0. The quantitative estimate of drug-likeness (QED) is 0.437. The Morgan fingerprint density at radius 1 is 1.16 bits per heavy atom. The van der Waals surface area contributed by atoms with Crippen LogP contribution in [0.15, 0.2) is 35.9 Å². The Labute approximate surface area is 192 Å². The van der Waals surface area contributed by atoms with E-state index in [0.29, 0.717) is 17.6 Å². The van der Waals surface area contributed by atoms with Crippen molar-refractivity contribution in [3.05, 3.63) is 63.7 Å². The van der Waals surface area contributed by atoms with Crippen molar-refractivity contribution < 1.29 is 4.79 Å². The van der Waals surface area contributed by atoms with Gasteiger partial charge in [-0.25, -0.2) is 0 Å². The fourth-order valence-electron chi connectivity index (χ4n) is 5.30. The standard InChI is InChI=1S/C28H35N3O/c1-17(2)31-26-12-20(5)22(14-25(26)21(6)15-28(31,7)8)13-23(16-29)27(32)30-24-10-18(3)9-19(4)11-24/h9-14,17,21H,15H2,1-8H3,(H,30,32)/b23-13-/t21-/m0/s1. The molecule has 0 aliphatic carbocycles. The molecular formula is C28H35N3O. The Morgan fingerprint density at radius 2 is 1.78 bits per heavy atom. The van der Waals surface area contributed by atoms with Crippen molar-refractivity contribution in [2.24, 2.45) is 0 Å². The van der Waals surface area contributed by atoms with Crippen LogP contribution in [0, 0.1) is 32.1 Å². The Hall–Kier alpha value is -3.06. The molecule has 1 N–H and O–H groups in total. The van der Waals surface area contributed by atoms with Crippen molar-refractivity contribution in [2.75, 3.05) is 10.2 Å². The van der Waals surface area contributed by atoms with Crippen LogP contribution in [0.2, 0.25) is 0 Å². The summed E-state index contributed by atoms with van der Waals surface area (Å²) in [7, 11) is 0. The summed E-state index contributed by atoms with van der Waals surface area (Å²) in [5.74, 6) is 0.0185. The van der Waals surface area contributed by atoms with E-state index in [2.05, 4.69) is 69.1 Å². The van der Waals surface area contributed by atoms with Crippen molar-refractivity contribution >= 4 is 23.4 Å². The second-order valence-electron chi connectivity index (χ2n) is 10.1. The highest BCUT2D eigenvalue weighted by atomic mass is 16.1. The summed E-state index contributed by atoms with van der Waals surface area (Å²) in [4.78, 5) is 15.4. The minimum absolute atomic E-state index is 0.0774. The van der Waals surface area contributed by atoms with Gasteiger partial charge in [0.1, 0.15) is 11.6 Å². The van der Waals surface area contributed by atoms with Gasteiger partial charge in [-0.15, -0.1) is 0 Å². The van der Waals surface area contributed by atoms with Crippen LogP contribution >= 0.6 is 0 Å². The van der Waals surface area contributed by atoms with Crippen LogP contribution < -0.4 is 10.2 Å². The van der Waals surface area contributed by atoms with Gasteiger partial charge in [-0.2, -0.15) is 5.26 Å². The van der Waals surface area contributed by atoms with E-state index in [1.165, 1.54) is 11.3 Å². The lowest BCUT2D eigenvalue weighted by Crippen LogP contribution is -2.51. The third kappa shape index (κ3) is 4.72. The van der Waals surface area contributed by atoms with Gasteiger partial charge in [0.05, 0.1) is 0 Å². The van der Waals surface area contributed by atoms with Crippen LogP contribution in [-0.2, 0) is 4.79 Å². The maximum Gasteiger partial charge on any atom is 0.266 e. The van der Waals surface area contributed by atoms with E-state index in [4.69, 9.17) is 0 Å². The number of amides is 1. The highest BCUT2D eigenvalue weighted by molar-refractivity contribution is 6.09. The Morgan fingerprint density at radius 3 is 2.34 bits per heavy atom. The first-order valence-electron chi connectivity index (χ1n) is 11.4. The van der Waals surface area contributed by atoms with Crippen LogP contribution in [0.1, 0.15) is 74.8 Å². The van der Waals surface area contributed by atoms with Gasteiger partial charge < -0.3 is 10.2 Å². The Bertz CT molecular complexity index is 1100. The van der Waals surface area contributed by atoms with Gasteiger partial charge in [-0.3, -0.25) is 4.79 Å². The number of aryl methyl sites for hydroxylation is 3. The van der Waals surface area contributed by atoms with Crippen LogP contribution in [0.25, 0.3) is 6.08 Å². The number of nitriles is 1. The second kappa shape index (κ2) is 8.82. The van der Waals surface area contributed by atoms with Crippen LogP contribution in [-0.4, -0.2) is 17.5 Å². The predicted molar refractivity (Wildman–Crippen MR) is 134 cm³/mol. The van der Waals surface area contributed by atoms with Gasteiger partial charge in [0.2, 0.25) is 0 Å². The molecule has 0 saturated heterocycles. The van der Waals surface area contributed by atoms with Crippen LogP contribution in [0.4, 0.5) is 11.4 Å². The Kier molecular flexibility index (Phi) is 6.51. The largest absolute Gasteiger partial charge is 0.364 e. The SMILES string of the molecule is Cc1cc(C)cc(NC(=O)/C(C#N)=C\c2cc3c(cc2C)N(C(C)C)C(C)(C)C[C@@H]3C)c1. The monoisotopic (exact) mass is 429 g/mol. The molecule has 1 atom stereocenters. The van der Waals surface area contributed by atoms with E-state index in [0.717, 1.165) is 28.7 Å². The molecular weight excluding hydrogens is 394 g/mol. The van der Waals surface area contributed by atoms with Gasteiger partial charge in [-0.05, 0) is 119 Å². The minimum atomic E-state index is -0.382. The molecule has 0 radical (unpaired) electrons. The third-order valence-corrected chi connectivity index (χ3v) is 6.32. The first-order chi connectivity index (χ1) is 14.9. The summed E-state index contributed by atoms with van der Waals surface area (Å²) >= 11 is 0. The van der Waals surface area contributed by atoms with Gasteiger partial charge >= 0.3 is 0 Å². The fourth-order valence-corrected chi connectivity index (χ4v) is 5.30. The zero-order valence-electron chi connectivity index (χ0n) is 20.6. The molecule has 1 heterocycles. The molecule has 2 aromatic carbocycles.